The molecular weight excluding hydrogens is 240 g/mol. The lowest BCUT2D eigenvalue weighted by Gasteiger charge is -2.38. The predicted molar refractivity (Wildman–Crippen MR) is 78.1 cm³/mol. The van der Waals surface area contributed by atoms with E-state index in [-0.39, 0.29) is 17.4 Å². The third-order valence-corrected chi connectivity index (χ3v) is 3.78. The van der Waals surface area contributed by atoms with Gasteiger partial charge in [-0.1, -0.05) is 27.7 Å². The highest BCUT2D eigenvalue weighted by Gasteiger charge is 2.36. The molecule has 0 aliphatic carbocycles. The zero-order chi connectivity index (χ0) is 14.3. The number of amides is 1. The molecule has 1 aliphatic rings. The lowest BCUT2D eigenvalue weighted by atomic mass is 9.77. The molecule has 1 amide bonds. The molecule has 1 atom stereocenters. The van der Waals surface area contributed by atoms with E-state index in [4.69, 9.17) is 4.74 Å². The molecule has 1 heterocycles. The number of hydrogen-bond acceptors (Lipinski definition) is 3. The molecular formula is C15H30N2O2. The van der Waals surface area contributed by atoms with Gasteiger partial charge < -0.3 is 15.4 Å². The third-order valence-electron chi connectivity index (χ3n) is 3.78. The van der Waals surface area contributed by atoms with Crippen LogP contribution in [0.1, 0.15) is 47.0 Å². The van der Waals surface area contributed by atoms with Crippen molar-refractivity contribution in [2.24, 2.45) is 11.3 Å². The van der Waals surface area contributed by atoms with Gasteiger partial charge in [0, 0.05) is 13.2 Å². The van der Waals surface area contributed by atoms with E-state index in [1.807, 2.05) is 0 Å². The van der Waals surface area contributed by atoms with Crippen LogP contribution in [0.5, 0.6) is 0 Å². The van der Waals surface area contributed by atoms with Gasteiger partial charge in [0.25, 0.3) is 0 Å². The van der Waals surface area contributed by atoms with Crippen molar-refractivity contribution in [1.29, 1.82) is 0 Å². The number of carbonyl (C=O) groups is 1. The van der Waals surface area contributed by atoms with Crippen molar-refractivity contribution < 1.29 is 9.53 Å². The molecule has 0 aromatic rings. The molecule has 1 unspecified atom stereocenters. The highest BCUT2D eigenvalue weighted by Crippen LogP contribution is 2.29. The molecule has 1 saturated heterocycles. The molecule has 4 heteroatoms. The molecule has 0 spiro atoms. The van der Waals surface area contributed by atoms with Gasteiger partial charge in [-0.15, -0.1) is 0 Å². The van der Waals surface area contributed by atoms with Crippen molar-refractivity contribution in [3.05, 3.63) is 0 Å². The van der Waals surface area contributed by atoms with Crippen molar-refractivity contribution in [2.75, 3.05) is 26.3 Å². The van der Waals surface area contributed by atoms with Crippen LogP contribution in [-0.2, 0) is 9.53 Å². The van der Waals surface area contributed by atoms with E-state index in [1.54, 1.807) is 0 Å². The molecule has 0 radical (unpaired) electrons. The Balaban J connectivity index is 2.16. The van der Waals surface area contributed by atoms with Gasteiger partial charge in [0.15, 0.2) is 0 Å². The molecule has 0 bridgehead atoms. The van der Waals surface area contributed by atoms with E-state index in [2.05, 4.69) is 38.3 Å². The van der Waals surface area contributed by atoms with Crippen LogP contribution >= 0.6 is 0 Å². The van der Waals surface area contributed by atoms with Crippen LogP contribution in [0.4, 0.5) is 0 Å². The van der Waals surface area contributed by atoms with Crippen LogP contribution in [0.2, 0.25) is 0 Å². The normalized spacial score (nSPS) is 22.5. The van der Waals surface area contributed by atoms with Gasteiger partial charge in [-0.2, -0.15) is 0 Å². The monoisotopic (exact) mass is 270 g/mol. The minimum atomic E-state index is -0.0723. The van der Waals surface area contributed by atoms with E-state index >= 15 is 0 Å². The largest absolute Gasteiger partial charge is 0.380 e. The van der Waals surface area contributed by atoms with Crippen LogP contribution < -0.4 is 10.6 Å². The Kier molecular flexibility index (Phi) is 6.80. The fraction of sp³-hybridized carbons (Fsp3) is 0.933. The van der Waals surface area contributed by atoms with Crippen molar-refractivity contribution in [3.8, 4) is 0 Å². The lowest BCUT2D eigenvalue weighted by molar-refractivity contribution is -0.127. The van der Waals surface area contributed by atoms with Crippen molar-refractivity contribution in [2.45, 2.75) is 53.0 Å². The van der Waals surface area contributed by atoms with Gasteiger partial charge in [0.05, 0.1) is 12.6 Å². The number of nitrogens with one attached hydrogen (secondary N) is 2. The molecule has 19 heavy (non-hydrogen) atoms. The van der Waals surface area contributed by atoms with Gasteiger partial charge in [-0.3, -0.25) is 4.79 Å². The van der Waals surface area contributed by atoms with E-state index < -0.39 is 0 Å². The zero-order valence-corrected chi connectivity index (χ0v) is 12.9. The quantitative estimate of drug-likeness (QED) is 0.695. The second-order valence-electron chi connectivity index (χ2n) is 6.57. The smallest absolute Gasteiger partial charge is 0.237 e. The van der Waals surface area contributed by atoms with Gasteiger partial charge in [0.1, 0.15) is 0 Å². The maximum atomic E-state index is 12.1. The topological polar surface area (TPSA) is 50.4 Å². The SMILES string of the molecule is CC(C)CCOCCNC(=O)C1NCCCC1(C)C. The van der Waals surface area contributed by atoms with E-state index in [9.17, 15) is 4.79 Å². The van der Waals surface area contributed by atoms with Crippen LogP contribution in [0.25, 0.3) is 0 Å². The number of rotatable bonds is 7. The first-order chi connectivity index (χ1) is 8.93. The second-order valence-corrected chi connectivity index (χ2v) is 6.57. The van der Waals surface area contributed by atoms with Gasteiger partial charge in [-0.25, -0.2) is 0 Å². The summed E-state index contributed by atoms with van der Waals surface area (Å²) in [5.41, 5.74) is 0.0425. The summed E-state index contributed by atoms with van der Waals surface area (Å²) in [6, 6.07) is -0.0723. The summed E-state index contributed by atoms with van der Waals surface area (Å²) in [6.45, 7) is 11.6. The first-order valence-electron chi connectivity index (χ1n) is 7.52. The van der Waals surface area contributed by atoms with Crippen LogP contribution in [0.3, 0.4) is 0 Å². The Morgan fingerprint density at radius 3 is 2.79 bits per heavy atom. The lowest BCUT2D eigenvalue weighted by Crippen LogP contribution is -2.55. The summed E-state index contributed by atoms with van der Waals surface area (Å²) in [7, 11) is 0. The number of hydrogen-bond donors (Lipinski definition) is 2. The second kappa shape index (κ2) is 7.85. The van der Waals surface area contributed by atoms with Crippen molar-refractivity contribution in [1.82, 2.24) is 10.6 Å². The third kappa shape index (κ3) is 5.91. The van der Waals surface area contributed by atoms with Gasteiger partial charge >= 0.3 is 0 Å². The van der Waals surface area contributed by atoms with Crippen LogP contribution in [0, 0.1) is 11.3 Å². The maximum Gasteiger partial charge on any atom is 0.237 e. The van der Waals surface area contributed by atoms with E-state index in [0.29, 0.717) is 19.1 Å². The standard InChI is InChI=1S/C15H30N2O2/c1-12(2)6-10-19-11-9-17-14(18)13-15(3,4)7-5-8-16-13/h12-13,16H,5-11H2,1-4H3,(H,17,18). The molecule has 0 aromatic carbocycles. The highest BCUT2D eigenvalue weighted by molar-refractivity contribution is 5.82. The Labute approximate surface area is 117 Å². The zero-order valence-electron chi connectivity index (χ0n) is 12.9. The molecule has 1 aliphatic heterocycles. The summed E-state index contributed by atoms with van der Waals surface area (Å²) in [6.07, 6.45) is 3.32. The van der Waals surface area contributed by atoms with Crippen LogP contribution in [-0.4, -0.2) is 38.3 Å². The molecule has 2 N–H and O–H groups in total. The summed E-state index contributed by atoms with van der Waals surface area (Å²) < 4.78 is 5.50. The molecule has 1 fully saturated rings. The summed E-state index contributed by atoms with van der Waals surface area (Å²) in [5, 5.41) is 6.29. The molecule has 112 valence electrons. The molecule has 4 nitrogen and oxygen atoms in total. The predicted octanol–water partition coefficient (Wildman–Crippen LogP) is 1.94. The fourth-order valence-corrected chi connectivity index (χ4v) is 2.43. The first kappa shape index (κ1) is 16.4. The molecule has 1 rings (SSSR count). The molecule has 0 saturated carbocycles. The highest BCUT2D eigenvalue weighted by atomic mass is 16.5. The fourth-order valence-electron chi connectivity index (χ4n) is 2.43. The Hall–Kier alpha value is -0.610. The molecule has 0 aromatic heterocycles. The number of carbonyl (C=O) groups excluding carboxylic acids is 1. The van der Waals surface area contributed by atoms with Gasteiger partial charge in [-0.05, 0) is 37.1 Å². The maximum absolute atomic E-state index is 12.1. The minimum absolute atomic E-state index is 0.0425. The van der Waals surface area contributed by atoms with E-state index in [0.717, 1.165) is 32.4 Å². The number of piperidine rings is 1. The minimum Gasteiger partial charge on any atom is -0.380 e. The Morgan fingerprint density at radius 2 is 2.16 bits per heavy atom. The Bertz CT molecular complexity index is 277. The van der Waals surface area contributed by atoms with Crippen molar-refractivity contribution >= 4 is 5.91 Å². The summed E-state index contributed by atoms with van der Waals surface area (Å²) in [4.78, 5) is 12.1. The average Bonchev–Trinajstić information content (AvgIpc) is 2.32. The Morgan fingerprint density at radius 1 is 1.42 bits per heavy atom. The first-order valence-corrected chi connectivity index (χ1v) is 7.52. The van der Waals surface area contributed by atoms with Crippen LogP contribution in [0.15, 0.2) is 0 Å². The van der Waals surface area contributed by atoms with E-state index in [1.165, 1.54) is 0 Å². The van der Waals surface area contributed by atoms with Gasteiger partial charge in [0.2, 0.25) is 5.91 Å². The average molecular weight is 270 g/mol. The van der Waals surface area contributed by atoms with Crippen molar-refractivity contribution in [3.63, 3.8) is 0 Å². The summed E-state index contributed by atoms with van der Waals surface area (Å²) in [5.74, 6) is 0.777. The summed E-state index contributed by atoms with van der Waals surface area (Å²) >= 11 is 0. The number of ether oxygens (including phenoxy) is 1.